The van der Waals surface area contributed by atoms with Crippen LogP contribution < -0.4 is 10.2 Å². The summed E-state index contributed by atoms with van der Waals surface area (Å²) in [6.07, 6.45) is 0. The third-order valence-electron chi connectivity index (χ3n) is 3.34. The van der Waals surface area contributed by atoms with Gasteiger partial charge in [0.05, 0.1) is 13.2 Å². The third kappa shape index (κ3) is 2.96. The molecule has 4 heteroatoms. The molecule has 1 heterocycles. The van der Waals surface area contributed by atoms with E-state index in [1.54, 1.807) is 12.1 Å². The van der Waals surface area contributed by atoms with Gasteiger partial charge in [0.1, 0.15) is 5.82 Å². The van der Waals surface area contributed by atoms with Crippen LogP contribution >= 0.6 is 0 Å². The van der Waals surface area contributed by atoms with Crippen molar-refractivity contribution in [2.75, 3.05) is 38.8 Å². The fraction of sp³-hybridized carbons (Fsp3) is 0.538. The first kappa shape index (κ1) is 12.3. The number of hydrogen-bond acceptors (Lipinski definition) is 3. The maximum absolute atomic E-state index is 12.8. The average molecular weight is 238 g/mol. The quantitative estimate of drug-likeness (QED) is 0.860. The van der Waals surface area contributed by atoms with Gasteiger partial charge in [0.2, 0.25) is 0 Å². The summed E-state index contributed by atoms with van der Waals surface area (Å²) in [6.45, 7) is 2.48. The van der Waals surface area contributed by atoms with Gasteiger partial charge >= 0.3 is 0 Å². The molecule has 17 heavy (non-hydrogen) atoms. The van der Waals surface area contributed by atoms with Crippen LogP contribution in [-0.2, 0) is 4.74 Å². The van der Waals surface area contributed by atoms with Crippen molar-refractivity contribution >= 4 is 5.69 Å². The lowest BCUT2D eigenvalue weighted by atomic mass is 10.0. The third-order valence-corrected chi connectivity index (χ3v) is 3.34. The van der Waals surface area contributed by atoms with E-state index in [0.717, 1.165) is 25.4 Å². The lowest BCUT2D eigenvalue weighted by molar-refractivity contribution is 0.183. The molecule has 0 spiro atoms. The van der Waals surface area contributed by atoms with Gasteiger partial charge < -0.3 is 15.0 Å². The molecule has 0 radical (unpaired) electrons. The van der Waals surface area contributed by atoms with E-state index in [2.05, 4.69) is 10.2 Å². The zero-order valence-electron chi connectivity index (χ0n) is 10.3. The Hall–Kier alpha value is -1.13. The van der Waals surface area contributed by atoms with E-state index < -0.39 is 0 Å². The maximum atomic E-state index is 12.8. The van der Waals surface area contributed by atoms with Gasteiger partial charge in [-0.25, -0.2) is 4.39 Å². The number of ether oxygens (including phenoxy) is 1. The first-order valence-corrected chi connectivity index (χ1v) is 5.92. The fourth-order valence-electron chi connectivity index (χ4n) is 2.25. The number of halogens is 1. The number of nitrogens with one attached hydrogen (secondary N) is 1. The summed E-state index contributed by atoms with van der Waals surface area (Å²) in [6, 6.07) is 7.01. The molecular formula is C13H19FN2O. The average Bonchev–Trinajstić information content (AvgIpc) is 2.77. The van der Waals surface area contributed by atoms with Gasteiger partial charge in [0, 0.05) is 31.2 Å². The summed E-state index contributed by atoms with van der Waals surface area (Å²) in [7, 11) is 3.99. The molecule has 94 valence electrons. The summed E-state index contributed by atoms with van der Waals surface area (Å²) < 4.78 is 18.3. The molecule has 0 aromatic heterocycles. The predicted octanol–water partition coefficient (Wildman–Crippen LogP) is 1.50. The summed E-state index contributed by atoms with van der Waals surface area (Å²) in [5.74, 6) is 0.287. The molecular weight excluding hydrogens is 219 g/mol. The molecule has 1 fully saturated rings. The van der Waals surface area contributed by atoms with E-state index in [9.17, 15) is 4.39 Å². The largest absolute Gasteiger partial charge is 0.379 e. The van der Waals surface area contributed by atoms with Crippen molar-refractivity contribution < 1.29 is 9.13 Å². The van der Waals surface area contributed by atoms with Crippen molar-refractivity contribution in [1.82, 2.24) is 5.32 Å². The summed E-state index contributed by atoms with van der Waals surface area (Å²) in [4.78, 5) is 2.14. The lowest BCUT2D eigenvalue weighted by Gasteiger charge is -2.25. The zero-order valence-corrected chi connectivity index (χ0v) is 10.3. The highest BCUT2D eigenvalue weighted by molar-refractivity contribution is 5.45. The van der Waals surface area contributed by atoms with Crippen LogP contribution in [0, 0.1) is 11.7 Å². The molecule has 0 amide bonds. The Morgan fingerprint density at radius 3 is 2.71 bits per heavy atom. The molecule has 1 N–H and O–H groups in total. The van der Waals surface area contributed by atoms with E-state index in [-0.39, 0.29) is 5.82 Å². The van der Waals surface area contributed by atoms with Crippen molar-refractivity contribution in [2.45, 2.75) is 6.04 Å². The van der Waals surface area contributed by atoms with Gasteiger partial charge in [-0.3, -0.25) is 0 Å². The van der Waals surface area contributed by atoms with Crippen molar-refractivity contribution in [2.24, 2.45) is 5.92 Å². The minimum absolute atomic E-state index is 0.195. The molecule has 0 saturated carbocycles. The highest BCUT2D eigenvalue weighted by atomic mass is 19.1. The van der Waals surface area contributed by atoms with Crippen LogP contribution in [0.4, 0.5) is 10.1 Å². The van der Waals surface area contributed by atoms with Crippen molar-refractivity contribution in [3.63, 3.8) is 0 Å². The molecule has 1 aromatic carbocycles. The standard InChI is InChI=1S/C13H19FN2O/c1-15-13-9-17-8-10(13)7-16(2)12-5-3-11(14)4-6-12/h3-6,10,13,15H,7-9H2,1-2H3. The number of likely N-dealkylation sites (N-methyl/N-ethyl adjacent to an activating group) is 1. The van der Waals surface area contributed by atoms with Crippen LogP contribution in [-0.4, -0.2) is 39.9 Å². The van der Waals surface area contributed by atoms with Crippen LogP contribution in [0.1, 0.15) is 0 Å². The Balaban J connectivity index is 1.96. The second kappa shape index (κ2) is 5.47. The molecule has 1 aromatic rings. The van der Waals surface area contributed by atoms with Crippen LogP contribution in [0.3, 0.4) is 0 Å². The van der Waals surface area contributed by atoms with Crippen molar-refractivity contribution in [1.29, 1.82) is 0 Å². The molecule has 0 aliphatic carbocycles. The molecule has 1 aliphatic heterocycles. The molecule has 1 aliphatic rings. The molecule has 2 rings (SSSR count). The lowest BCUT2D eigenvalue weighted by Crippen LogP contribution is -2.39. The van der Waals surface area contributed by atoms with E-state index in [4.69, 9.17) is 4.74 Å². The number of anilines is 1. The van der Waals surface area contributed by atoms with E-state index in [0.29, 0.717) is 12.0 Å². The summed E-state index contributed by atoms with van der Waals surface area (Å²) in [5, 5.41) is 3.27. The molecule has 2 atom stereocenters. The second-order valence-corrected chi connectivity index (χ2v) is 4.55. The normalized spacial score (nSPS) is 23.9. The molecule has 0 bridgehead atoms. The number of nitrogens with zero attached hydrogens (tertiary/aromatic N) is 1. The summed E-state index contributed by atoms with van der Waals surface area (Å²) in [5.41, 5.74) is 1.04. The Morgan fingerprint density at radius 2 is 2.06 bits per heavy atom. The van der Waals surface area contributed by atoms with Crippen LogP contribution in [0.15, 0.2) is 24.3 Å². The monoisotopic (exact) mass is 238 g/mol. The zero-order chi connectivity index (χ0) is 12.3. The van der Waals surface area contributed by atoms with Gasteiger partial charge in [0.25, 0.3) is 0 Å². The van der Waals surface area contributed by atoms with Crippen LogP contribution in [0.2, 0.25) is 0 Å². The second-order valence-electron chi connectivity index (χ2n) is 4.55. The van der Waals surface area contributed by atoms with E-state index >= 15 is 0 Å². The topological polar surface area (TPSA) is 24.5 Å². The first-order valence-electron chi connectivity index (χ1n) is 5.92. The minimum Gasteiger partial charge on any atom is -0.379 e. The highest BCUT2D eigenvalue weighted by Crippen LogP contribution is 2.19. The minimum atomic E-state index is -0.195. The molecule has 2 unspecified atom stereocenters. The Kier molecular flexibility index (Phi) is 3.97. The molecule has 1 saturated heterocycles. The SMILES string of the molecule is CNC1COCC1CN(C)c1ccc(F)cc1. The number of hydrogen-bond donors (Lipinski definition) is 1. The number of benzene rings is 1. The predicted molar refractivity (Wildman–Crippen MR) is 66.8 cm³/mol. The van der Waals surface area contributed by atoms with Crippen molar-refractivity contribution in [3.8, 4) is 0 Å². The smallest absolute Gasteiger partial charge is 0.123 e. The van der Waals surface area contributed by atoms with Gasteiger partial charge in [-0.05, 0) is 31.3 Å². The van der Waals surface area contributed by atoms with Crippen LogP contribution in [0.25, 0.3) is 0 Å². The number of rotatable bonds is 4. The van der Waals surface area contributed by atoms with Crippen LogP contribution in [0.5, 0.6) is 0 Å². The first-order chi connectivity index (χ1) is 8.20. The van der Waals surface area contributed by atoms with Gasteiger partial charge in [-0.2, -0.15) is 0 Å². The highest BCUT2D eigenvalue weighted by Gasteiger charge is 2.27. The van der Waals surface area contributed by atoms with E-state index in [1.165, 1.54) is 12.1 Å². The Labute approximate surface area is 102 Å². The Bertz CT molecular complexity index is 355. The molecule has 3 nitrogen and oxygen atoms in total. The van der Waals surface area contributed by atoms with Crippen molar-refractivity contribution in [3.05, 3.63) is 30.1 Å². The van der Waals surface area contributed by atoms with E-state index in [1.807, 2.05) is 14.1 Å². The van der Waals surface area contributed by atoms with Gasteiger partial charge in [-0.15, -0.1) is 0 Å². The maximum Gasteiger partial charge on any atom is 0.123 e. The Morgan fingerprint density at radius 1 is 1.35 bits per heavy atom. The van der Waals surface area contributed by atoms with Gasteiger partial charge in [0.15, 0.2) is 0 Å². The van der Waals surface area contributed by atoms with Gasteiger partial charge in [-0.1, -0.05) is 0 Å². The fourth-order valence-corrected chi connectivity index (χ4v) is 2.25. The summed E-state index contributed by atoms with van der Waals surface area (Å²) >= 11 is 0.